The first-order chi connectivity index (χ1) is 12.3. The van der Waals surface area contributed by atoms with Gasteiger partial charge < -0.3 is 4.90 Å². The Morgan fingerprint density at radius 3 is 2.56 bits per heavy atom. The molecule has 0 spiro atoms. The number of hydrogen-bond donors (Lipinski definition) is 0. The maximum absolute atomic E-state index is 5.16. The average molecular weight is 338 g/mol. The van der Waals surface area contributed by atoms with Crippen molar-refractivity contribution in [3.63, 3.8) is 0 Å². The van der Waals surface area contributed by atoms with Crippen LogP contribution < -0.4 is 0 Å². The van der Waals surface area contributed by atoms with Gasteiger partial charge in [-0.05, 0) is 42.7 Å². The first-order valence-corrected chi connectivity index (χ1v) is 10.5. The Hall–Kier alpha value is -1.13. The number of nitrogens with zero attached hydrogens (tertiary/aromatic N) is 4. The molecule has 2 unspecified atom stereocenters. The molecule has 0 bridgehead atoms. The number of hydrogen-bond acceptors (Lipinski definition) is 4. The number of fused-ring (bicyclic) bond motifs is 4. The van der Waals surface area contributed by atoms with Crippen molar-refractivity contribution in [2.45, 2.75) is 56.7 Å². The normalized spacial score (nSPS) is 36.0. The van der Waals surface area contributed by atoms with E-state index in [4.69, 9.17) is 4.99 Å². The van der Waals surface area contributed by atoms with Crippen molar-refractivity contribution in [1.82, 2.24) is 14.7 Å². The molecular formula is C21H30N4. The summed E-state index contributed by atoms with van der Waals surface area (Å²) in [6, 6.07) is 1.78. The molecule has 25 heavy (non-hydrogen) atoms. The Morgan fingerprint density at radius 2 is 1.80 bits per heavy atom. The average Bonchev–Trinajstić information content (AvgIpc) is 3.23. The molecule has 0 aromatic carbocycles. The highest BCUT2D eigenvalue weighted by Gasteiger charge is 2.40. The SMILES string of the molecule is C1=C2CN(CC3CC3)CC2=CC2C1N=C1CCN(C3CCC3)CCN12. The van der Waals surface area contributed by atoms with Gasteiger partial charge in [0.05, 0.1) is 12.1 Å². The van der Waals surface area contributed by atoms with Crippen molar-refractivity contribution in [2.75, 3.05) is 39.3 Å². The molecule has 134 valence electrons. The van der Waals surface area contributed by atoms with Crippen molar-refractivity contribution >= 4 is 5.84 Å². The van der Waals surface area contributed by atoms with Crippen LogP contribution in [0.15, 0.2) is 28.3 Å². The molecule has 3 heterocycles. The van der Waals surface area contributed by atoms with Crippen LogP contribution in [0.5, 0.6) is 0 Å². The zero-order valence-electron chi connectivity index (χ0n) is 15.2. The summed E-state index contributed by atoms with van der Waals surface area (Å²) in [6.07, 6.45) is 13.5. The van der Waals surface area contributed by atoms with Gasteiger partial charge in [0, 0.05) is 51.7 Å². The summed E-state index contributed by atoms with van der Waals surface area (Å²) < 4.78 is 0. The summed E-state index contributed by atoms with van der Waals surface area (Å²) >= 11 is 0. The predicted molar refractivity (Wildman–Crippen MR) is 101 cm³/mol. The van der Waals surface area contributed by atoms with Crippen molar-refractivity contribution in [2.24, 2.45) is 10.9 Å². The van der Waals surface area contributed by atoms with Gasteiger partial charge in [0.1, 0.15) is 5.84 Å². The molecule has 0 aromatic heterocycles. The zero-order chi connectivity index (χ0) is 16.4. The molecule has 3 aliphatic heterocycles. The fraction of sp³-hybridized carbons (Fsp3) is 0.762. The van der Waals surface area contributed by atoms with Gasteiger partial charge in [-0.1, -0.05) is 18.6 Å². The summed E-state index contributed by atoms with van der Waals surface area (Å²) in [7, 11) is 0. The van der Waals surface area contributed by atoms with Crippen LogP contribution in [0.2, 0.25) is 0 Å². The second kappa shape index (κ2) is 5.68. The van der Waals surface area contributed by atoms with Crippen LogP contribution in [0.3, 0.4) is 0 Å². The molecule has 2 saturated carbocycles. The standard InChI is InChI=1S/C21H30N4/c1-2-18(3-1)24-7-6-21-22-19-10-16-13-23(12-15-4-5-15)14-17(16)11-20(19)25(21)9-8-24/h10-11,15,18-20H,1-9,12-14H2. The van der Waals surface area contributed by atoms with Gasteiger partial charge in [0.25, 0.3) is 0 Å². The lowest BCUT2D eigenvalue weighted by Crippen LogP contribution is -2.44. The first kappa shape index (κ1) is 15.0. The van der Waals surface area contributed by atoms with E-state index in [0.29, 0.717) is 12.1 Å². The van der Waals surface area contributed by atoms with Crippen molar-refractivity contribution in [1.29, 1.82) is 0 Å². The van der Waals surface area contributed by atoms with Gasteiger partial charge in [-0.15, -0.1) is 0 Å². The van der Waals surface area contributed by atoms with E-state index >= 15 is 0 Å². The zero-order valence-corrected chi connectivity index (χ0v) is 15.2. The number of amidine groups is 1. The third-order valence-electron chi connectivity index (χ3n) is 7.34. The van der Waals surface area contributed by atoms with Crippen LogP contribution >= 0.6 is 0 Å². The number of rotatable bonds is 3. The minimum Gasteiger partial charge on any atom is -0.350 e. The Bertz CT molecular complexity index is 655. The first-order valence-electron chi connectivity index (χ1n) is 10.5. The van der Waals surface area contributed by atoms with Crippen LogP contribution in [0.4, 0.5) is 0 Å². The van der Waals surface area contributed by atoms with Crippen LogP contribution in [0.25, 0.3) is 0 Å². The van der Waals surface area contributed by atoms with Gasteiger partial charge >= 0.3 is 0 Å². The maximum atomic E-state index is 5.16. The van der Waals surface area contributed by atoms with Crippen molar-refractivity contribution in [3.05, 3.63) is 23.3 Å². The van der Waals surface area contributed by atoms with E-state index in [1.807, 2.05) is 0 Å². The lowest BCUT2D eigenvalue weighted by atomic mass is 9.91. The van der Waals surface area contributed by atoms with E-state index in [-0.39, 0.29) is 0 Å². The molecule has 0 radical (unpaired) electrons. The van der Waals surface area contributed by atoms with Crippen molar-refractivity contribution < 1.29 is 0 Å². The molecule has 4 nitrogen and oxygen atoms in total. The fourth-order valence-corrected chi connectivity index (χ4v) is 5.47. The second-order valence-electron chi connectivity index (χ2n) is 9.09. The Kier molecular flexibility index (Phi) is 3.41. The quantitative estimate of drug-likeness (QED) is 0.788. The van der Waals surface area contributed by atoms with E-state index in [2.05, 4.69) is 26.9 Å². The largest absolute Gasteiger partial charge is 0.350 e. The molecule has 0 aromatic rings. The Labute approximate surface area is 151 Å². The monoisotopic (exact) mass is 338 g/mol. The maximum Gasteiger partial charge on any atom is 0.102 e. The molecule has 0 amide bonds. The minimum atomic E-state index is 0.393. The van der Waals surface area contributed by atoms with Gasteiger partial charge in [-0.25, -0.2) is 0 Å². The van der Waals surface area contributed by atoms with Crippen molar-refractivity contribution in [3.8, 4) is 0 Å². The van der Waals surface area contributed by atoms with Crippen LogP contribution in [0, 0.1) is 5.92 Å². The fourth-order valence-electron chi connectivity index (χ4n) is 5.47. The van der Waals surface area contributed by atoms with E-state index in [9.17, 15) is 0 Å². The highest BCUT2D eigenvalue weighted by molar-refractivity contribution is 5.86. The van der Waals surface area contributed by atoms with E-state index < -0.39 is 0 Å². The van der Waals surface area contributed by atoms with Crippen LogP contribution in [-0.4, -0.2) is 77.9 Å². The van der Waals surface area contributed by atoms with E-state index in [1.165, 1.54) is 77.2 Å². The number of aliphatic imine (C=N–C) groups is 1. The molecular weight excluding hydrogens is 308 g/mol. The third-order valence-corrected chi connectivity index (χ3v) is 7.34. The van der Waals surface area contributed by atoms with Gasteiger partial charge in [-0.2, -0.15) is 0 Å². The third kappa shape index (κ3) is 2.60. The predicted octanol–water partition coefficient (Wildman–Crippen LogP) is 2.29. The lowest BCUT2D eigenvalue weighted by molar-refractivity contribution is 0.129. The van der Waals surface area contributed by atoms with Gasteiger partial charge in [-0.3, -0.25) is 14.8 Å². The van der Waals surface area contributed by atoms with Crippen LogP contribution in [-0.2, 0) is 0 Å². The topological polar surface area (TPSA) is 22.1 Å². The Balaban J connectivity index is 1.19. The summed E-state index contributed by atoms with van der Waals surface area (Å²) in [6.45, 7) is 7.31. The molecule has 4 fully saturated rings. The highest BCUT2D eigenvalue weighted by Crippen LogP contribution is 2.37. The molecule has 4 heteroatoms. The van der Waals surface area contributed by atoms with E-state index in [0.717, 1.165) is 18.4 Å². The Morgan fingerprint density at radius 1 is 0.960 bits per heavy atom. The molecule has 3 aliphatic carbocycles. The molecule has 6 aliphatic rings. The second-order valence-corrected chi connectivity index (χ2v) is 9.09. The lowest BCUT2D eigenvalue weighted by Gasteiger charge is -2.37. The summed E-state index contributed by atoms with van der Waals surface area (Å²) in [5.41, 5.74) is 3.19. The molecule has 0 N–H and O–H groups in total. The molecule has 6 rings (SSSR count). The van der Waals surface area contributed by atoms with Crippen LogP contribution in [0.1, 0.15) is 38.5 Å². The van der Waals surface area contributed by atoms with E-state index in [1.54, 1.807) is 11.1 Å². The molecule has 2 atom stereocenters. The summed E-state index contributed by atoms with van der Waals surface area (Å²) in [4.78, 5) is 13.2. The van der Waals surface area contributed by atoms with Gasteiger partial charge in [0.2, 0.25) is 0 Å². The highest BCUT2D eigenvalue weighted by atomic mass is 15.3. The van der Waals surface area contributed by atoms with Gasteiger partial charge in [0.15, 0.2) is 0 Å². The summed E-state index contributed by atoms with van der Waals surface area (Å²) in [5, 5.41) is 0. The molecule has 2 saturated heterocycles. The summed E-state index contributed by atoms with van der Waals surface area (Å²) in [5.74, 6) is 2.38. The number of likely N-dealkylation sites (tertiary alicyclic amines) is 1. The smallest absolute Gasteiger partial charge is 0.102 e. The minimum absolute atomic E-state index is 0.393.